The van der Waals surface area contributed by atoms with Gasteiger partial charge in [0.15, 0.2) is 0 Å². The molecule has 134 valence electrons. The predicted molar refractivity (Wildman–Crippen MR) is 104 cm³/mol. The number of rotatable bonds is 7. The molecular weight excluding hydrogens is 351 g/mol. The molecule has 0 atom stereocenters. The maximum absolute atomic E-state index is 13.0. The van der Waals surface area contributed by atoms with Crippen molar-refractivity contribution in [1.82, 2.24) is 9.97 Å². The minimum atomic E-state index is -0.237. The van der Waals surface area contributed by atoms with Crippen LogP contribution in [0.4, 0.5) is 16.2 Å². The molecule has 0 aliphatic carbocycles. The Morgan fingerprint density at radius 1 is 0.923 bits per heavy atom. The van der Waals surface area contributed by atoms with Crippen LogP contribution in [0.25, 0.3) is 0 Å². The van der Waals surface area contributed by atoms with Gasteiger partial charge in [0.1, 0.15) is 11.6 Å². The van der Waals surface area contributed by atoms with Gasteiger partial charge in [-0.2, -0.15) is 4.98 Å². The Bertz CT molecular complexity index is 851. The van der Waals surface area contributed by atoms with E-state index in [9.17, 15) is 4.39 Å². The summed E-state index contributed by atoms with van der Waals surface area (Å²) in [6, 6.07) is 16.1. The Labute approximate surface area is 157 Å². The SMILES string of the molecule is Cc1cc(NCc2ccc(F)cc2)nc(NCCc2ccc(Cl)cc2)n1. The third kappa shape index (κ3) is 5.43. The normalized spacial score (nSPS) is 10.6. The van der Waals surface area contributed by atoms with Crippen LogP contribution in [0.5, 0.6) is 0 Å². The average molecular weight is 371 g/mol. The molecule has 1 heterocycles. The summed E-state index contributed by atoms with van der Waals surface area (Å²) in [5.74, 6) is 1.08. The summed E-state index contributed by atoms with van der Waals surface area (Å²) in [5.41, 5.74) is 3.06. The highest BCUT2D eigenvalue weighted by Gasteiger charge is 2.03. The van der Waals surface area contributed by atoms with Crippen molar-refractivity contribution in [2.24, 2.45) is 0 Å². The highest BCUT2D eigenvalue weighted by molar-refractivity contribution is 6.30. The van der Waals surface area contributed by atoms with E-state index in [0.717, 1.165) is 35.1 Å². The molecule has 0 aliphatic rings. The maximum atomic E-state index is 13.0. The third-order valence-electron chi connectivity index (χ3n) is 3.85. The van der Waals surface area contributed by atoms with Crippen molar-refractivity contribution in [2.75, 3.05) is 17.2 Å². The molecule has 0 unspecified atom stereocenters. The molecule has 6 heteroatoms. The van der Waals surface area contributed by atoms with E-state index in [1.54, 1.807) is 12.1 Å². The van der Waals surface area contributed by atoms with Crippen LogP contribution in [0.1, 0.15) is 16.8 Å². The molecule has 0 amide bonds. The highest BCUT2D eigenvalue weighted by atomic mass is 35.5. The van der Waals surface area contributed by atoms with Gasteiger partial charge >= 0.3 is 0 Å². The van der Waals surface area contributed by atoms with Crippen molar-refractivity contribution < 1.29 is 4.39 Å². The number of hydrogen-bond acceptors (Lipinski definition) is 4. The summed E-state index contributed by atoms with van der Waals surface area (Å²) in [6.45, 7) is 3.22. The smallest absolute Gasteiger partial charge is 0.224 e. The van der Waals surface area contributed by atoms with Crippen LogP contribution in [0.2, 0.25) is 5.02 Å². The second kappa shape index (κ2) is 8.63. The molecule has 0 saturated heterocycles. The van der Waals surface area contributed by atoms with E-state index in [4.69, 9.17) is 11.6 Å². The zero-order valence-electron chi connectivity index (χ0n) is 14.5. The summed E-state index contributed by atoms with van der Waals surface area (Å²) in [4.78, 5) is 8.90. The Morgan fingerprint density at radius 3 is 2.35 bits per heavy atom. The molecule has 3 aromatic rings. The Kier molecular flexibility index (Phi) is 6.02. The van der Waals surface area contributed by atoms with E-state index in [1.165, 1.54) is 17.7 Å². The number of aromatic nitrogens is 2. The Hall–Kier alpha value is -2.66. The largest absolute Gasteiger partial charge is 0.366 e. The van der Waals surface area contributed by atoms with Gasteiger partial charge in [-0.1, -0.05) is 35.9 Å². The highest BCUT2D eigenvalue weighted by Crippen LogP contribution is 2.13. The standard InChI is InChI=1S/C20H20ClFN4/c1-14-12-19(24-13-16-4-8-18(22)9-5-16)26-20(25-14)23-11-10-15-2-6-17(21)7-3-15/h2-9,12H,10-11,13H2,1H3,(H2,23,24,25,26). The average Bonchev–Trinajstić information content (AvgIpc) is 2.63. The topological polar surface area (TPSA) is 49.8 Å². The zero-order valence-corrected chi connectivity index (χ0v) is 15.2. The molecule has 0 fully saturated rings. The number of hydrogen-bond donors (Lipinski definition) is 2. The molecule has 2 N–H and O–H groups in total. The van der Waals surface area contributed by atoms with Gasteiger partial charge in [-0.15, -0.1) is 0 Å². The van der Waals surface area contributed by atoms with Crippen LogP contribution in [0, 0.1) is 12.7 Å². The molecule has 0 bridgehead atoms. The van der Waals surface area contributed by atoms with Gasteiger partial charge in [0.25, 0.3) is 0 Å². The number of aryl methyl sites for hydroxylation is 1. The molecule has 0 spiro atoms. The minimum absolute atomic E-state index is 0.237. The van der Waals surface area contributed by atoms with Crippen molar-refractivity contribution in [1.29, 1.82) is 0 Å². The minimum Gasteiger partial charge on any atom is -0.366 e. The van der Waals surface area contributed by atoms with Gasteiger partial charge in [0.2, 0.25) is 5.95 Å². The Morgan fingerprint density at radius 2 is 1.62 bits per heavy atom. The van der Waals surface area contributed by atoms with Gasteiger partial charge in [0, 0.05) is 29.9 Å². The third-order valence-corrected chi connectivity index (χ3v) is 4.10. The van der Waals surface area contributed by atoms with E-state index >= 15 is 0 Å². The summed E-state index contributed by atoms with van der Waals surface area (Å²) in [7, 11) is 0. The second-order valence-electron chi connectivity index (χ2n) is 6.00. The predicted octanol–water partition coefficient (Wildman–Crippen LogP) is 4.84. The monoisotopic (exact) mass is 370 g/mol. The first-order valence-corrected chi connectivity index (χ1v) is 8.78. The molecule has 1 aromatic heterocycles. The zero-order chi connectivity index (χ0) is 18.4. The van der Waals surface area contributed by atoms with E-state index in [1.807, 2.05) is 37.3 Å². The number of nitrogens with zero attached hydrogens (tertiary/aromatic N) is 2. The summed E-state index contributed by atoms with van der Waals surface area (Å²) in [6.07, 6.45) is 0.854. The van der Waals surface area contributed by atoms with Crippen LogP contribution in [0.15, 0.2) is 54.6 Å². The molecule has 4 nitrogen and oxygen atoms in total. The lowest BCUT2D eigenvalue weighted by Crippen LogP contribution is -2.10. The fraction of sp³-hybridized carbons (Fsp3) is 0.200. The van der Waals surface area contributed by atoms with Crippen LogP contribution >= 0.6 is 11.6 Å². The lowest BCUT2D eigenvalue weighted by molar-refractivity contribution is 0.627. The van der Waals surface area contributed by atoms with Crippen molar-refractivity contribution in [3.05, 3.63) is 82.3 Å². The van der Waals surface area contributed by atoms with E-state index in [-0.39, 0.29) is 5.82 Å². The number of nitrogens with one attached hydrogen (secondary N) is 2. The summed E-state index contributed by atoms with van der Waals surface area (Å²) in [5, 5.41) is 7.23. The molecule has 26 heavy (non-hydrogen) atoms. The van der Waals surface area contributed by atoms with Crippen LogP contribution in [-0.2, 0) is 13.0 Å². The Balaban J connectivity index is 1.56. The van der Waals surface area contributed by atoms with Crippen molar-refractivity contribution in [3.8, 4) is 0 Å². The van der Waals surface area contributed by atoms with Crippen molar-refractivity contribution in [3.63, 3.8) is 0 Å². The van der Waals surface area contributed by atoms with Gasteiger partial charge in [-0.3, -0.25) is 0 Å². The van der Waals surface area contributed by atoms with E-state index in [0.29, 0.717) is 12.5 Å². The maximum Gasteiger partial charge on any atom is 0.224 e. The second-order valence-corrected chi connectivity index (χ2v) is 6.44. The van der Waals surface area contributed by atoms with Crippen LogP contribution in [0.3, 0.4) is 0 Å². The molecule has 0 aliphatic heterocycles. The van der Waals surface area contributed by atoms with Crippen LogP contribution in [-0.4, -0.2) is 16.5 Å². The lowest BCUT2D eigenvalue weighted by atomic mass is 10.1. The molecule has 0 radical (unpaired) electrons. The fourth-order valence-corrected chi connectivity index (χ4v) is 2.63. The van der Waals surface area contributed by atoms with Gasteiger partial charge in [-0.25, -0.2) is 9.37 Å². The first-order valence-electron chi connectivity index (χ1n) is 8.41. The van der Waals surface area contributed by atoms with Gasteiger partial charge < -0.3 is 10.6 Å². The van der Waals surface area contributed by atoms with Crippen LogP contribution < -0.4 is 10.6 Å². The fourth-order valence-electron chi connectivity index (χ4n) is 2.50. The van der Waals surface area contributed by atoms with E-state index in [2.05, 4.69) is 20.6 Å². The van der Waals surface area contributed by atoms with E-state index < -0.39 is 0 Å². The summed E-state index contributed by atoms with van der Waals surface area (Å²) >= 11 is 5.90. The molecular formula is C20H20ClFN4. The lowest BCUT2D eigenvalue weighted by Gasteiger charge is -2.10. The molecule has 2 aromatic carbocycles. The van der Waals surface area contributed by atoms with Gasteiger partial charge in [-0.05, 0) is 48.7 Å². The molecule has 3 rings (SSSR count). The number of halogens is 2. The quantitative estimate of drug-likeness (QED) is 0.624. The summed E-state index contributed by atoms with van der Waals surface area (Å²) < 4.78 is 13.0. The first-order chi connectivity index (χ1) is 12.6. The number of benzene rings is 2. The first kappa shape index (κ1) is 18.1. The van der Waals surface area contributed by atoms with Crippen molar-refractivity contribution in [2.45, 2.75) is 19.9 Å². The van der Waals surface area contributed by atoms with Crippen molar-refractivity contribution >= 4 is 23.4 Å². The molecule has 0 saturated carbocycles. The van der Waals surface area contributed by atoms with Gasteiger partial charge in [0.05, 0.1) is 0 Å². The number of anilines is 2.